The first-order valence-corrected chi connectivity index (χ1v) is 8.64. The third kappa shape index (κ3) is 1.91. The van der Waals surface area contributed by atoms with Crippen LogP contribution in [-0.4, -0.2) is 10.9 Å². The second kappa shape index (κ2) is 5.25. The van der Waals surface area contributed by atoms with Gasteiger partial charge in [-0.2, -0.15) is 0 Å². The first-order chi connectivity index (χ1) is 11.1. The molecule has 1 N–H and O–H groups in total. The highest BCUT2D eigenvalue weighted by Crippen LogP contribution is 2.59. The first-order valence-electron chi connectivity index (χ1n) is 7.88. The summed E-state index contributed by atoms with van der Waals surface area (Å²) in [5.74, 6) is 0.0646. The van der Waals surface area contributed by atoms with Crippen molar-refractivity contribution in [2.24, 2.45) is 0 Å². The van der Waals surface area contributed by atoms with Crippen molar-refractivity contribution in [3.8, 4) is 5.75 Å². The van der Waals surface area contributed by atoms with Crippen LogP contribution in [0.4, 0.5) is 0 Å². The van der Waals surface area contributed by atoms with Gasteiger partial charge < -0.3 is 5.11 Å². The van der Waals surface area contributed by atoms with Crippen LogP contribution in [0.1, 0.15) is 53.1 Å². The Labute approximate surface area is 145 Å². The number of phenols is 1. The number of aromatic hydroxyl groups is 1. The molecule has 0 spiro atoms. The summed E-state index contributed by atoms with van der Waals surface area (Å²) < 4.78 is 0. The van der Waals surface area contributed by atoms with Crippen LogP contribution >= 0.6 is 23.2 Å². The average molecular weight is 347 g/mol. The molecule has 2 atom stereocenters. The van der Waals surface area contributed by atoms with E-state index in [0.717, 1.165) is 36.8 Å². The minimum atomic E-state index is -0.567. The molecule has 0 heterocycles. The van der Waals surface area contributed by atoms with Gasteiger partial charge in [-0.05, 0) is 30.0 Å². The zero-order valence-electron chi connectivity index (χ0n) is 12.5. The van der Waals surface area contributed by atoms with E-state index in [9.17, 15) is 9.90 Å². The molecular formula is C19H16Cl2O2. The summed E-state index contributed by atoms with van der Waals surface area (Å²) in [6.07, 6.45) is 3.82. The van der Waals surface area contributed by atoms with Gasteiger partial charge >= 0.3 is 0 Å². The number of ketones is 1. The minimum Gasteiger partial charge on any atom is -0.506 e. The number of fused-ring (bicyclic) bond motifs is 3. The van der Waals surface area contributed by atoms with Crippen LogP contribution in [0.3, 0.4) is 0 Å². The largest absolute Gasteiger partial charge is 0.506 e. The van der Waals surface area contributed by atoms with Crippen molar-refractivity contribution in [3.63, 3.8) is 0 Å². The molecule has 1 saturated carbocycles. The Hall–Kier alpha value is -1.51. The third-order valence-corrected chi connectivity index (χ3v) is 6.28. The predicted molar refractivity (Wildman–Crippen MR) is 91.8 cm³/mol. The number of carbonyl (C=O) groups is 1. The molecule has 2 aromatic carbocycles. The summed E-state index contributed by atoms with van der Waals surface area (Å²) in [4.78, 5) is 13.4. The van der Waals surface area contributed by atoms with E-state index in [4.69, 9.17) is 23.2 Å². The maximum absolute atomic E-state index is 13.4. The second-order valence-electron chi connectivity index (χ2n) is 6.45. The summed E-state index contributed by atoms with van der Waals surface area (Å²) in [5.41, 5.74) is 1.83. The normalized spacial score (nSPS) is 26.0. The molecule has 0 aromatic heterocycles. The van der Waals surface area contributed by atoms with Gasteiger partial charge in [0.15, 0.2) is 5.78 Å². The molecule has 0 saturated heterocycles. The number of Topliss-reactive ketones (excluding diaryl/α,β-unsaturated/α-hetero) is 1. The number of carbonyl (C=O) groups excluding carboxylic acids is 1. The van der Waals surface area contributed by atoms with E-state index < -0.39 is 5.41 Å². The van der Waals surface area contributed by atoms with E-state index in [1.807, 2.05) is 30.3 Å². The summed E-state index contributed by atoms with van der Waals surface area (Å²) in [6.45, 7) is 0. The van der Waals surface area contributed by atoms with Crippen LogP contribution in [0, 0.1) is 0 Å². The third-order valence-electron chi connectivity index (χ3n) is 5.42. The first kappa shape index (κ1) is 15.0. The molecule has 2 nitrogen and oxygen atoms in total. The monoisotopic (exact) mass is 346 g/mol. The summed E-state index contributed by atoms with van der Waals surface area (Å²) in [5, 5.41) is 10.3. The van der Waals surface area contributed by atoms with Gasteiger partial charge in [-0.3, -0.25) is 4.79 Å². The number of hydrogen-bond acceptors (Lipinski definition) is 2. The lowest BCUT2D eigenvalue weighted by atomic mass is 9.62. The van der Waals surface area contributed by atoms with Crippen LogP contribution in [-0.2, 0) is 5.41 Å². The Morgan fingerprint density at radius 1 is 1.09 bits per heavy atom. The van der Waals surface area contributed by atoms with Gasteiger partial charge in [0.05, 0.1) is 10.4 Å². The van der Waals surface area contributed by atoms with E-state index in [-0.39, 0.29) is 27.5 Å². The Kier molecular flexibility index (Phi) is 3.44. The molecule has 23 heavy (non-hydrogen) atoms. The maximum Gasteiger partial charge on any atom is 0.175 e. The molecule has 0 radical (unpaired) electrons. The lowest BCUT2D eigenvalue weighted by Crippen LogP contribution is -2.38. The smallest absolute Gasteiger partial charge is 0.175 e. The topological polar surface area (TPSA) is 37.3 Å². The van der Waals surface area contributed by atoms with Crippen LogP contribution in [0.25, 0.3) is 0 Å². The number of halogens is 2. The van der Waals surface area contributed by atoms with Crippen molar-refractivity contribution in [2.45, 2.75) is 37.0 Å². The Morgan fingerprint density at radius 3 is 2.57 bits per heavy atom. The second-order valence-corrected chi connectivity index (χ2v) is 7.21. The molecule has 118 valence electrons. The Balaban J connectivity index is 2.01. The molecular weight excluding hydrogens is 331 g/mol. The fourth-order valence-electron chi connectivity index (χ4n) is 4.44. The number of benzene rings is 2. The summed E-state index contributed by atoms with van der Waals surface area (Å²) >= 11 is 12.4. The van der Waals surface area contributed by atoms with Crippen molar-refractivity contribution >= 4 is 29.0 Å². The molecule has 0 amide bonds. The number of phenolic OH excluding ortho intramolecular Hbond substituents is 1. The predicted octanol–water partition coefficient (Wildman–Crippen LogP) is 5.49. The lowest BCUT2D eigenvalue weighted by molar-refractivity contribution is 0.0845. The van der Waals surface area contributed by atoms with Gasteiger partial charge in [0, 0.05) is 11.5 Å². The maximum atomic E-state index is 13.4. The highest BCUT2D eigenvalue weighted by molar-refractivity contribution is 6.45. The van der Waals surface area contributed by atoms with Gasteiger partial charge in [0.1, 0.15) is 10.8 Å². The van der Waals surface area contributed by atoms with Crippen molar-refractivity contribution in [3.05, 3.63) is 63.1 Å². The Bertz CT molecular complexity index is 801. The van der Waals surface area contributed by atoms with Gasteiger partial charge in [0.25, 0.3) is 0 Å². The van der Waals surface area contributed by atoms with E-state index in [2.05, 4.69) is 0 Å². The molecule has 2 aliphatic rings. The molecule has 4 heteroatoms. The van der Waals surface area contributed by atoms with E-state index in [1.165, 1.54) is 0 Å². The number of rotatable bonds is 1. The molecule has 0 aliphatic heterocycles. The van der Waals surface area contributed by atoms with Crippen LogP contribution in [0.2, 0.25) is 10.0 Å². The zero-order valence-corrected chi connectivity index (χ0v) is 14.0. The number of hydrogen-bond donors (Lipinski definition) is 1. The average Bonchev–Trinajstić information content (AvgIpc) is 2.84. The van der Waals surface area contributed by atoms with E-state index in [1.54, 1.807) is 6.07 Å². The summed E-state index contributed by atoms with van der Waals surface area (Å²) in [6, 6.07) is 11.6. The lowest BCUT2D eigenvalue weighted by Gasteiger charge is -2.38. The highest BCUT2D eigenvalue weighted by Gasteiger charge is 2.55. The molecule has 2 aromatic rings. The SMILES string of the molecule is O=C1c2c(cc(O)c(Cl)c2Cl)[C@@H]2CCCC[C@]12c1ccccc1. The van der Waals surface area contributed by atoms with Gasteiger partial charge in [-0.1, -0.05) is 66.4 Å². The van der Waals surface area contributed by atoms with Crippen LogP contribution in [0.5, 0.6) is 5.75 Å². The molecule has 2 aliphatic carbocycles. The van der Waals surface area contributed by atoms with Crippen molar-refractivity contribution in [1.82, 2.24) is 0 Å². The fourth-order valence-corrected chi connectivity index (χ4v) is 4.88. The highest BCUT2D eigenvalue weighted by atomic mass is 35.5. The van der Waals surface area contributed by atoms with E-state index >= 15 is 0 Å². The standard InChI is InChI=1S/C19H16Cl2O2/c20-16-14(22)10-12-13-8-4-5-9-19(13,11-6-2-1-3-7-11)18(23)15(12)17(16)21/h1-3,6-7,10,13,22H,4-5,8-9H2/t13-,19+/m0/s1. The van der Waals surface area contributed by atoms with Gasteiger partial charge in [-0.15, -0.1) is 0 Å². The molecule has 1 fully saturated rings. The van der Waals surface area contributed by atoms with Crippen LogP contribution in [0.15, 0.2) is 36.4 Å². The molecule has 0 unspecified atom stereocenters. The minimum absolute atomic E-state index is 0.0438. The fraction of sp³-hybridized carbons (Fsp3) is 0.316. The van der Waals surface area contributed by atoms with Gasteiger partial charge in [-0.25, -0.2) is 0 Å². The van der Waals surface area contributed by atoms with Crippen LogP contribution < -0.4 is 0 Å². The van der Waals surface area contributed by atoms with Crippen molar-refractivity contribution in [2.75, 3.05) is 0 Å². The summed E-state index contributed by atoms with van der Waals surface area (Å²) in [7, 11) is 0. The van der Waals surface area contributed by atoms with Gasteiger partial charge in [0.2, 0.25) is 0 Å². The molecule has 0 bridgehead atoms. The van der Waals surface area contributed by atoms with Crippen molar-refractivity contribution < 1.29 is 9.90 Å². The van der Waals surface area contributed by atoms with E-state index in [0.29, 0.717) is 5.56 Å². The Morgan fingerprint density at radius 2 is 1.83 bits per heavy atom. The zero-order chi connectivity index (χ0) is 16.2. The molecule has 4 rings (SSSR count). The van der Waals surface area contributed by atoms with Crippen molar-refractivity contribution in [1.29, 1.82) is 0 Å². The quantitative estimate of drug-likeness (QED) is 0.740.